The number of aromatic nitrogens is 2. The van der Waals surface area contributed by atoms with E-state index in [0.29, 0.717) is 60.9 Å². The molecule has 4 aromatic rings. The quantitative estimate of drug-likeness (QED) is 0.187. The second kappa shape index (κ2) is 12.4. The van der Waals surface area contributed by atoms with Gasteiger partial charge in [0.05, 0.1) is 23.4 Å². The minimum Gasteiger partial charge on any atom is -0.493 e. The van der Waals surface area contributed by atoms with Crippen molar-refractivity contribution in [2.24, 2.45) is 5.41 Å². The molecule has 2 amide bonds. The fourth-order valence-corrected chi connectivity index (χ4v) is 5.59. The largest absolute Gasteiger partial charge is 0.493 e. The lowest BCUT2D eigenvalue weighted by molar-refractivity contribution is -0.137. The molecule has 0 saturated heterocycles. The van der Waals surface area contributed by atoms with Gasteiger partial charge in [-0.1, -0.05) is 0 Å². The summed E-state index contributed by atoms with van der Waals surface area (Å²) in [4.78, 5) is 48.9. The smallest absolute Gasteiger partial charge is 0.261 e. The summed E-state index contributed by atoms with van der Waals surface area (Å²) in [6.45, 7) is 10.7. The third kappa shape index (κ3) is 6.19. The molecule has 0 saturated carbocycles. The van der Waals surface area contributed by atoms with Gasteiger partial charge in [-0.05, 0) is 76.1 Å². The highest BCUT2D eigenvalue weighted by molar-refractivity contribution is 6.20. The fraction of sp³-hybridized carbons (Fsp3) is 0.394. The van der Waals surface area contributed by atoms with Gasteiger partial charge in [0, 0.05) is 64.4 Å². The molecule has 0 radical (unpaired) electrons. The molecule has 226 valence electrons. The number of rotatable bonds is 11. The minimum atomic E-state index is -1.16. The van der Waals surface area contributed by atoms with Gasteiger partial charge in [-0.15, -0.1) is 0 Å². The van der Waals surface area contributed by atoms with E-state index in [2.05, 4.69) is 9.88 Å². The van der Waals surface area contributed by atoms with Crippen LogP contribution >= 0.6 is 0 Å². The lowest BCUT2D eigenvalue weighted by Gasteiger charge is -2.27. The number of carbonyl (C=O) groups is 2. The van der Waals surface area contributed by atoms with Crippen LogP contribution in [0.3, 0.4) is 0 Å². The molecule has 10 heteroatoms. The Morgan fingerprint density at radius 1 is 0.977 bits per heavy atom. The summed E-state index contributed by atoms with van der Waals surface area (Å²) in [6.07, 6.45) is 6.10. The highest BCUT2D eigenvalue weighted by Crippen LogP contribution is 2.40. The molecule has 1 aromatic carbocycles. The Labute approximate surface area is 251 Å². The van der Waals surface area contributed by atoms with E-state index in [-0.39, 0.29) is 17.4 Å². The molecule has 0 spiro atoms. The Bertz CT molecular complexity index is 1680. The van der Waals surface area contributed by atoms with Crippen LogP contribution < -0.4 is 20.1 Å². The Morgan fingerprint density at radius 3 is 2.49 bits per heavy atom. The van der Waals surface area contributed by atoms with Gasteiger partial charge in [0.2, 0.25) is 11.8 Å². The Hall–Kier alpha value is -4.44. The molecule has 0 atom stereocenters. The van der Waals surface area contributed by atoms with Gasteiger partial charge < -0.3 is 23.5 Å². The third-order valence-electron chi connectivity index (χ3n) is 8.02. The summed E-state index contributed by atoms with van der Waals surface area (Å²) in [5.41, 5.74) is 1.88. The van der Waals surface area contributed by atoms with Crippen LogP contribution in [0.25, 0.3) is 11.0 Å². The molecule has 43 heavy (non-hydrogen) atoms. The predicted molar refractivity (Wildman–Crippen MR) is 166 cm³/mol. The standard InChI is InChI=1S/C33H39N5O5/c1-6-38-27-9-8-25(21-28(27)35(5)31(40)33(3,4)32(38)41)42-19-7-15-36(22-24-10-13-34-14-11-24)17-18-37-16-12-29-26(30(37)39)20-23(2)43-29/h8-14,16,20-21H,6-7,15,17-19,22H2,1-5H3. The summed E-state index contributed by atoms with van der Waals surface area (Å²) >= 11 is 0. The second-order valence-corrected chi connectivity index (χ2v) is 11.5. The average Bonchev–Trinajstić information content (AvgIpc) is 3.38. The summed E-state index contributed by atoms with van der Waals surface area (Å²) in [5, 5.41) is 0.595. The molecular formula is C33H39N5O5. The van der Waals surface area contributed by atoms with Crippen molar-refractivity contribution in [1.29, 1.82) is 0 Å². The highest BCUT2D eigenvalue weighted by atomic mass is 16.5. The molecule has 5 rings (SSSR count). The monoisotopic (exact) mass is 585 g/mol. The van der Waals surface area contributed by atoms with E-state index in [4.69, 9.17) is 9.15 Å². The number of hydrogen-bond acceptors (Lipinski definition) is 7. The number of aryl methyl sites for hydroxylation is 1. The lowest BCUT2D eigenvalue weighted by Crippen LogP contribution is -2.47. The van der Waals surface area contributed by atoms with Crippen molar-refractivity contribution in [3.63, 3.8) is 0 Å². The van der Waals surface area contributed by atoms with Gasteiger partial charge in [0.25, 0.3) is 5.56 Å². The highest BCUT2D eigenvalue weighted by Gasteiger charge is 2.45. The number of carbonyl (C=O) groups excluding carboxylic acids is 2. The number of benzene rings is 1. The second-order valence-electron chi connectivity index (χ2n) is 11.5. The number of nitrogens with zero attached hydrogens (tertiary/aromatic N) is 5. The maximum atomic E-state index is 13.2. The Morgan fingerprint density at radius 2 is 1.74 bits per heavy atom. The van der Waals surface area contributed by atoms with Crippen molar-refractivity contribution in [3.05, 3.63) is 82.7 Å². The maximum absolute atomic E-state index is 13.2. The Balaban J connectivity index is 1.25. The zero-order chi connectivity index (χ0) is 30.7. The van der Waals surface area contributed by atoms with Crippen LogP contribution in [0.15, 0.2) is 70.3 Å². The van der Waals surface area contributed by atoms with Crippen LogP contribution in [0.5, 0.6) is 5.75 Å². The van der Waals surface area contributed by atoms with E-state index in [1.54, 1.807) is 59.9 Å². The molecule has 0 unspecified atom stereocenters. The van der Waals surface area contributed by atoms with Gasteiger partial charge in [-0.2, -0.15) is 0 Å². The van der Waals surface area contributed by atoms with E-state index in [1.165, 1.54) is 0 Å². The topological polar surface area (TPSA) is 101 Å². The molecule has 3 aromatic heterocycles. The number of hydrogen-bond donors (Lipinski definition) is 0. The summed E-state index contributed by atoms with van der Waals surface area (Å²) in [5.74, 6) is 0.893. The average molecular weight is 586 g/mol. The van der Waals surface area contributed by atoms with Crippen molar-refractivity contribution in [3.8, 4) is 5.75 Å². The molecule has 0 N–H and O–H groups in total. The van der Waals surface area contributed by atoms with Gasteiger partial charge in [-0.3, -0.25) is 24.3 Å². The summed E-state index contributed by atoms with van der Waals surface area (Å²) < 4.78 is 13.5. The molecular weight excluding hydrogens is 546 g/mol. The van der Waals surface area contributed by atoms with Crippen LogP contribution in [-0.2, 0) is 22.7 Å². The zero-order valence-electron chi connectivity index (χ0n) is 25.5. The number of furan rings is 1. The van der Waals surface area contributed by atoms with Crippen LogP contribution in [0, 0.1) is 12.3 Å². The molecule has 0 bridgehead atoms. The Kier molecular flexibility index (Phi) is 8.68. The van der Waals surface area contributed by atoms with Crippen molar-refractivity contribution >= 4 is 34.2 Å². The fourth-order valence-electron chi connectivity index (χ4n) is 5.59. The van der Waals surface area contributed by atoms with E-state index in [1.807, 2.05) is 50.2 Å². The predicted octanol–water partition coefficient (Wildman–Crippen LogP) is 4.62. The molecule has 10 nitrogen and oxygen atoms in total. The SMILES string of the molecule is CCN1C(=O)C(C)(C)C(=O)N(C)c2cc(OCCCN(CCn3ccc4oc(C)cc4c3=O)Cc3ccncc3)ccc21. The maximum Gasteiger partial charge on any atom is 0.261 e. The van der Waals surface area contributed by atoms with Crippen molar-refractivity contribution in [2.45, 2.75) is 47.2 Å². The first-order valence-electron chi connectivity index (χ1n) is 14.7. The van der Waals surface area contributed by atoms with Gasteiger partial charge >= 0.3 is 0 Å². The molecule has 0 aliphatic carbocycles. The summed E-state index contributed by atoms with van der Waals surface area (Å²) in [7, 11) is 1.70. The zero-order valence-corrected chi connectivity index (χ0v) is 25.5. The molecule has 1 aliphatic heterocycles. The number of amides is 2. The van der Waals surface area contributed by atoms with Crippen LogP contribution in [0.4, 0.5) is 11.4 Å². The third-order valence-corrected chi connectivity index (χ3v) is 8.02. The normalized spacial score (nSPS) is 14.8. The van der Waals surface area contributed by atoms with Crippen LogP contribution in [0.1, 0.15) is 38.5 Å². The minimum absolute atomic E-state index is 0.0556. The number of pyridine rings is 2. The molecule has 4 heterocycles. The lowest BCUT2D eigenvalue weighted by atomic mass is 9.90. The molecule has 0 fully saturated rings. The van der Waals surface area contributed by atoms with Crippen molar-refractivity contribution < 1.29 is 18.7 Å². The van der Waals surface area contributed by atoms with Gasteiger partial charge in [0.1, 0.15) is 22.5 Å². The number of fused-ring (bicyclic) bond motifs is 2. The number of ether oxygens (including phenoxy) is 1. The van der Waals surface area contributed by atoms with Crippen LogP contribution in [-0.4, -0.2) is 59.6 Å². The van der Waals surface area contributed by atoms with E-state index < -0.39 is 5.41 Å². The molecule has 1 aliphatic rings. The van der Waals surface area contributed by atoms with Gasteiger partial charge in [-0.25, -0.2) is 0 Å². The summed E-state index contributed by atoms with van der Waals surface area (Å²) in [6, 6.07) is 13.1. The van der Waals surface area contributed by atoms with E-state index in [0.717, 1.165) is 24.3 Å². The van der Waals surface area contributed by atoms with Crippen molar-refractivity contribution in [1.82, 2.24) is 14.5 Å². The first-order valence-corrected chi connectivity index (χ1v) is 14.7. The first-order chi connectivity index (χ1) is 20.6. The van der Waals surface area contributed by atoms with E-state index >= 15 is 0 Å². The van der Waals surface area contributed by atoms with Crippen molar-refractivity contribution in [2.75, 3.05) is 43.1 Å². The van der Waals surface area contributed by atoms with E-state index in [9.17, 15) is 14.4 Å². The van der Waals surface area contributed by atoms with Gasteiger partial charge in [0.15, 0.2) is 0 Å². The van der Waals surface area contributed by atoms with Crippen LogP contribution in [0.2, 0.25) is 0 Å². The first kappa shape index (κ1) is 30.0. The number of anilines is 2.